The van der Waals surface area contributed by atoms with E-state index in [1.807, 2.05) is 63.2 Å². The van der Waals surface area contributed by atoms with Crippen molar-refractivity contribution >= 4 is 27.5 Å². The van der Waals surface area contributed by atoms with Gasteiger partial charge in [-0.15, -0.1) is 0 Å². The summed E-state index contributed by atoms with van der Waals surface area (Å²) in [6, 6.07) is 22.5. The number of aryl methyl sites for hydroxylation is 2. The number of hydrogen-bond donors (Lipinski definition) is 1. The molecule has 0 aliphatic carbocycles. The van der Waals surface area contributed by atoms with Crippen molar-refractivity contribution in [2.45, 2.75) is 51.5 Å². The minimum atomic E-state index is -4.06. The normalized spacial score (nSPS) is 12.0. The molecule has 0 spiro atoms. The van der Waals surface area contributed by atoms with Crippen molar-refractivity contribution in [3.8, 4) is 0 Å². The Kier molecular flexibility index (Phi) is 10.1. The molecule has 0 radical (unpaired) electrons. The van der Waals surface area contributed by atoms with Crippen LogP contribution in [-0.2, 0) is 26.0 Å². The van der Waals surface area contributed by atoms with Crippen molar-refractivity contribution < 1.29 is 18.0 Å². The maximum Gasteiger partial charge on any atom is 0.264 e. The third-order valence-electron chi connectivity index (χ3n) is 6.43. The lowest BCUT2D eigenvalue weighted by molar-refractivity contribution is -0.138. The number of anilines is 1. The standard InChI is InChI=1S/C30H37N3O4S/c1-5-19-31-30(35)25(4)32(20-18-26-12-8-6-9-13-26)29(34)22-33(28-17-16-23(2)21-24(28)3)38(36,37)27-14-10-7-11-15-27/h6-17,21,25H,5,18-20,22H2,1-4H3,(H,31,35). The summed E-state index contributed by atoms with van der Waals surface area (Å²) in [6.07, 6.45) is 1.30. The Hall–Kier alpha value is -3.65. The van der Waals surface area contributed by atoms with Crippen LogP contribution in [-0.4, -0.2) is 50.8 Å². The topological polar surface area (TPSA) is 86.8 Å². The highest BCUT2D eigenvalue weighted by molar-refractivity contribution is 7.92. The van der Waals surface area contributed by atoms with Crippen molar-refractivity contribution in [3.63, 3.8) is 0 Å². The summed E-state index contributed by atoms with van der Waals surface area (Å²) in [4.78, 5) is 28.3. The van der Waals surface area contributed by atoms with E-state index in [1.54, 1.807) is 31.2 Å². The maximum absolute atomic E-state index is 13.9. The first-order valence-electron chi connectivity index (χ1n) is 12.9. The predicted octanol–water partition coefficient (Wildman–Crippen LogP) is 4.48. The van der Waals surface area contributed by atoms with E-state index < -0.39 is 28.5 Å². The number of carbonyl (C=O) groups excluding carboxylic acids is 2. The summed E-state index contributed by atoms with van der Waals surface area (Å²) >= 11 is 0. The first-order chi connectivity index (χ1) is 18.1. The summed E-state index contributed by atoms with van der Waals surface area (Å²) in [7, 11) is -4.06. The molecule has 202 valence electrons. The molecule has 2 amide bonds. The van der Waals surface area contributed by atoms with Gasteiger partial charge in [0.1, 0.15) is 12.6 Å². The van der Waals surface area contributed by atoms with E-state index in [-0.39, 0.29) is 17.3 Å². The number of amides is 2. The minimum absolute atomic E-state index is 0.0948. The predicted molar refractivity (Wildman–Crippen MR) is 152 cm³/mol. The zero-order valence-corrected chi connectivity index (χ0v) is 23.4. The summed E-state index contributed by atoms with van der Waals surface area (Å²) in [5.41, 5.74) is 3.18. The van der Waals surface area contributed by atoms with Crippen molar-refractivity contribution in [2.24, 2.45) is 0 Å². The lowest BCUT2D eigenvalue weighted by Gasteiger charge is -2.32. The van der Waals surface area contributed by atoms with Crippen LogP contribution in [0.3, 0.4) is 0 Å². The van der Waals surface area contributed by atoms with Gasteiger partial charge in [0.05, 0.1) is 10.6 Å². The van der Waals surface area contributed by atoms with Crippen LogP contribution in [0.5, 0.6) is 0 Å². The second-order valence-corrected chi connectivity index (χ2v) is 11.3. The molecule has 0 saturated carbocycles. The van der Waals surface area contributed by atoms with Crippen molar-refractivity contribution in [3.05, 3.63) is 95.6 Å². The number of nitrogens with one attached hydrogen (secondary N) is 1. The fourth-order valence-corrected chi connectivity index (χ4v) is 5.78. The molecule has 0 aliphatic rings. The molecule has 1 unspecified atom stereocenters. The molecule has 0 saturated heterocycles. The summed E-state index contributed by atoms with van der Waals surface area (Å²) in [6.45, 7) is 7.74. The number of carbonyl (C=O) groups is 2. The van der Waals surface area contributed by atoms with Gasteiger partial charge >= 0.3 is 0 Å². The Labute approximate surface area is 226 Å². The van der Waals surface area contributed by atoms with Gasteiger partial charge < -0.3 is 10.2 Å². The van der Waals surface area contributed by atoms with E-state index in [0.717, 1.165) is 27.4 Å². The molecule has 0 heterocycles. The molecule has 0 aromatic heterocycles. The average molecular weight is 536 g/mol. The Balaban J connectivity index is 1.98. The molecule has 1 atom stereocenters. The lowest BCUT2D eigenvalue weighted by Crippen LogP contribution is -2.52. The molecule has 0 fully saturated rings. The number of nitrogens with zero attached hydrogens (tertiary/aromatic N) is 2. The largest absolute Gasteiger partial charge is 0.354 e. The Morgan fingerprint density at radius 3 is 2.16 bits per heavy atom. The van der Waals surface area contributed by atoms with E-state index in [9.17, 15) is 18.0 Å². The van der Waals surface area contributed by atoms with Gasteiger partial charge in [-0.05, 0) is 62.9 Å². The zero-order valence-electron chi connectivity index (χ0n) is 22.6. The summed E-state index contributed by atoms with van der Waals surface area (Å²) in [5, 5.41) is 2.86. The molecule has 7 nitrogen and oxygen atoms in total. The smallest absolute Gasteiger partial charge is 0.264 e. The highest BCUT2D eigenvalue weighted by atomic mass is 32.2. The number of benzene rings is 3. The average Bonchev–Trinajstić information content (AvgIpc) is 2.91. The van der Waals surface area contributed by atoms with Crippen molar-refractivity contribution in [1.29, 1.82) is 0 Å². The van der Waals surface area contributed by atoms with Gasteiger partial charge in [0, 0.05) is 13.1 Å². The molecule has 8 heteroatoms. The van der Waals surface area contributed by atoms with Gasteiger partial charge in [-0.3, -0.25) is 13.9 Å². The minimum Gasteiger partial charge on any atom is -0.354 e. The molecule has 0 aliphatic heterocycles. The Morgan fingerprint density at radius 1 is 0.921 bits per heavy atom. The van der Waals surface area contributed by atoms with Crippen molar-refractivity contribution in [1.82, 2.24) is 10.2 Å². The van der Waals surface area contributed by atoms with E-state index >= 15 is 0 Å². The van der Waals surface area contributed by atoms with Crippen LogP contribution in [0.2, 0.25) is 0 Å². The second-order valence-electron chi connectivity index (χ2n) is 9.40. The summed E-state index contributed by atoms with van der Waals surface area (Å²) in [5.74, 6) is -0.711. The first kappa shape index (κ1) is 28.9. The van der Waals surface area contributed by atoms with Gasteiger partial charge in [-0.1, -0.05) is 73.2 Å². The van der Waals surface area contributed by atoms with Crippen LogP contribution in [0.15, 0.2) is 83.8 Å². The highest BCUT2D eigenvalue weighted by Gasteiger charge is 2.32. The first-order valence-corrected chi connectivity index (χ1v) is 14.3. The maximum atomic E-state index is 13.9. The highest BCUT2D eigenvalue weighted by Crippen LogP contribution is 2.28. The van der Waals surface area contributed by atoms with Crippen LogP contribution >= 0.6 is 0 Å². The third kappa shape index (κ3) is 7.22. The van der Waals surface area contributed by atoms with Crippen LogP contribution in [0.4, 0.5) is 5.69 Å². The monoisotopic (exact) mass is 535 g/mol. The molecule has 3 rings (SSSR count). The molecule has 1 N–H and O–H groups in total. The fourth-order valence-electron chi connectivity index (χ4n) is 4.28. The van der Waals surface area contributed by atoms with Crippen LogP contribution < -0.4 is 9.62 Å². The lowest BCUT2D eigenvalue weighted by atomic mass is 10.1. The quantitative estimate of drug-likeness (QED) is 0.370. The molecule has 38 heavy (non-hydrogen) atoms. The Bertz CT molecular complexity index is 1330. The van der Waals surface area contributed by atoms with E-state index in [2.05, 4.69) is 5.32 Å². The zero-order chi connectivity index (χ0) is 27.7. The molecule has 0 bridgehead atoms. The van der Waals surface area contributed by atoms with Gasteiger partial charge in [-0.2, -0.15) is 0 Å². The number of sulfonamides is 1. The molecular weight excluding hydrogens is 498 g/mol. The van der Waals surface area contributed by atoms with E-state index in [4.69, 9.17) is 0 Å². The number of hydrogen-bond acceptors (Lipinski definition) is 4. The third-order valence-corrected chi connectivity index (χ3v) is 8.21. The van der Waals surface area contributed by atoms with E-state index in [1.165, 1.54) is 17.0 Å². The molecule has 3 aromatic carbocycles. The second kappa shape index (κ2) is 13.2. The number of rotatable bonds is 12. The van der Waals surface area contributed by atoms with Gasteiger partial charge in [0.2, 0.25) is 11.8 Å². The molecular formula is C30H37N3O4S. The van der Waals surface area contributed by atoms with Crippen LogP contribution in [0.1, 0.15) is 37.0 Å². The van der Waals surface area contributed by atoms with Gasteiger partial charge in [0.15, 0.2) is 0 Å². The van der Waals surface area contributed by atoms with Gasteiger partial charge in [0.25, 0.3) is 10.0 Å². The fraction of sp³-hybridized carbons (Fsp3) is 0.333. The van der Waals surface area contributed by atoms with Crippen molar-refractivity contribution in [2.75, 3.05) is 23.9 Å². The van der Waals surface area contributed by atoms with Gasteiger partial charge in [-0.25, -0.2) is 8.42 Å². The van der Waals surface area contributed by atoms with Crippen LogP contribution in [0, 0.1) is 13.8 Å². The SMILES string of the molecule is CCCNC(=O)C(C)N(CCc1ccccc1)C(=O)CN(c1ccc(C)cc1C)S(=O)(=O)c1ccccc1. The van der Waals surface area contributed by atoms with E-state index in [0.29, 0.717) is 18.7 Å². The molecule has 3 aromatic rings. The summed E-state index contributed by atoms with van der Waals surface area (Å²) < 4.78 is 28.8. The Morgan fingerprint density at radius 2 is 1.55 bits per heavy atom. The van der Waals surface area contributed by atoms with Crippen LogP contribution in [0.25, 0.3) is 0 Å².